The van der Waals surface area contributed by atoms with Crippen LogP contribution >= 0.6 is 0 Å². The third kappa shape index (κ3) is 5.01. The number of ether oxygens (including phenoxy) is 1. The highest BCUT2D eigenvalue weighted by atomic mass is 16.5. The molecule has 2 aromatic carbocycles. The van der Waals surface area contributed by atoms with E-state index in [1.165, 1.54) is 17.3 Å². The standard InChI is InChI=1S/C24H29N3O3/c1-2-18-3-6-20(7-4-18)27-13-11-26(12-14-27)16-21(28)17-30-22-8-9-23-19(15-22)5-10-24(29)25-23/h3-10,15,21,28H,2,11-14,16-17H2,1H3,(H,25,29)/t21-/m1/s1. The van der Waals surface area contributed by atoms with Gasteiger partial charge in [-0.15, -0.1) is 0 Å². The van der Waals surface area contributed by atoms with Crippen molar-refractivity contribution in [1.29, 1.82) is 0 Å². The molecule has 0 amide bonds. The first-order valence-electron chi connectivity index (χ1n) is 10.6. The Bertz CT molecular complexity index is 1020. The van der Waals surface area contributed by atoms with Gasteiger partial charge in [0.05, 0.1) is 0 Å². The number of H-pyrrole nitrogens is 1. The second-order valence-electron chi connectivity index (χ2n) is 7.84. The van der Waals surface area contributed by atoms with Gasteiger partial charge in [0, 0.05) is 55.4 Å². The molecule has 30 heavy (non-hydrogen) atoms. The van der Waals surface area contributed by atoms with Crippen LogP contribution in [-0.4, -0.2) is 60.4 Å². The molecular formula is C24H29N3O3. The average molecular weight is 408 g/mol. The van der Waals surface area contributed by atoms with Gasteiger partial charge in [-0.25, -0.2) is 0 Å². The van der Waals surface area contributed by atoms with Gasteiger partial charge in [-0.05, 0) is 48.4 Å². The Balaban J connectivity index is 1.24. The first-order chi connectivity index (χ1) is 14.6. The van der Waals surface area contributed by atoms with Crippen LogP contribution in [-0.2, 0) is 6.42 Å². The summed E-state index contributed by atoms with van der Waals surface area (Å²) in [5.41, 5.74) is 3.29. The lowest BCUT2D eigenvalue weighted by molar-refractivity contribution is 0.0663. The van der Waals surface area contributed by atoms with E-state index in [1.807, 2.05) is 18.2 Å². The summed E-state index contributed by atoms with van der Waals surface area (Å²) < 4.78 is 5.78. The highest BCUT2D eigenvalue weighted by Gasteiger charge is 2.19. The number of β-amino-alcohol motifs (C(OH)–C–C–N with tert-alkyl or cyclic N) is 1. The fourth-order valence-electron chi connectivity index (χ4n) is 3.90. The van der Waals surface area contributed by atoms with Crippen LogP contribution in [0.3, 0.4) is 0 Å². The number of aliphatic hydroxyl groups excluding tert-OH is 1. The Morgan fingerprint density at radius 2 is 1.80 bits per heavy atom. The molecule has 6 nitrogen and oxygen atoms in total. The topological polar surface area (TPSA) is 68.8 Å². The number of piperazine rings is 1. The largest absolute Gasteiger partial charge is 0.491 e. The number of aryl methyl sites for hydroxylation is 1. The SMILES string of the molecule is CCc1ccc(N2CCN(C[C@@H](O)COc3ccc4[nH]c(=O)ccc4c3)CC2)cc1. The van der Waals surface area contributed by atoms with Crippen LogP contribution in [0.15, 0.2) is 59.4 Å². The van der Waals surface area contributed by atoms with Gasteiger partial charge < -0.3 is 19.7 Å². The molecule has 1 saturated heterocycles. The normalized spacial score (nSPS) is 16.0. The van der Waals surface area contributed by atoms with Crippen LogP contribution in [0.4, 0.5) is 5.69 Å². The molecule has 0 saturated carbocycles. The second kappa shape index (κ2) is 9.32. The minimum absolute atomic E-state index is 0.121. The summed E-state index contributed by atoms with van der Waals surface area (Å²) in [5.74, 6) is 0.689. The summed E-state index contributed by atoms with van der Waals surface area (Å²) in [7, 11) is 0. The second-order valence-corrected chi connectivity index (χ2v) is 7.84. The van der Waals surface area contributed by atoms with E-state index < -0.39 is 6.10 Å². The van der Waals surface area contributed by atoms with Crippen molar-refractivity contribution in [3.05, 3.63) is 70.5 Å². The highest BCUT2D eigenvalue weighted by molar-refractivity contribution is 5.79. The van der Waals surface area contributed by atoms with Crippen molar-refractivity contribution in [2.45, 2.75) is 19.4 Å². The molecule has 1 aliphatic rings. The first kappa shape index (κ1) is 20.4. The molecule has 3 aromatic rings. The minimum atomic E-state index is -0.549. The van der Waals surface area contributed by atoms with Crippen LogP contribution in [0.1, 0.15) is 12.5 Å². The number of nitrogens with zero attached hydrogens (tertiary/aromatic N) is 2. The quantitative estimate of drug-likeness (QED) is 0.630. The van der Waals surface area contributed by atoms with Gasteiger partial charge in [0.15, 0.2) is 0 Å². The summed E-state index contributed by atoms with van der Waals surface area (Å²) in [6.45, 7) is 6.79. The van der Waals surface area contributed by atoms with E-state index >= 15 is 0 Å². The van der Waals surface area contributed by atoms with Crippen LogP contribution < -0.4 is 15.2 Å². The van der Waals surface area contributed by atoms with E-state index in [2.05, 4.69) is 46.0 Å². The maximum absolute atomic E-state index is 11.4. The van der Waals surface area contributed by atoms with Gasteiger partial charge >= 0.3 is 0 Å². The van der Waals surface area contributed by atoms with E-state index in [-0.39, 0.29) is 12.2 Å². The lowest BCUT2D eigenvalue weighted by Crippen LogP contribution is -2.49. The zero-order valence-electron chi connectivity index (χ0n) is 17.4. The lowest BCUT2D eigenvalue weighted by Gasteiger charge is -2.37. The van der Waals surface area contributed by atoms with Gasteiger partial charge in [-0.3, -0.25) is 9.69 Å². The molecule has 4 rings (SSSR count). The third-order valence-corrected chi connectivity index (χ3v) is 5.69. The van der Waals surface area contributed by atoms with Crippen molar-refractivity contribution < 1.29 is 9.84 Å². The van der Waals surface area contributed by atoms with E-state index in [9.17, 15) is 9.90 Å². The highest BCUT2D eigenvalue weighted by Crippen LogP contribution is 2.19. The Labute approximate surface area is 176 Å². The molecule has 6 heteroatoms. The molecule has 2 heterocycles. The number of anilines is 1. The van der Waals surface area contributed by atoms with E-state index in [4.69, 9.17) is 4.74 Å². The molecular weight excluding hydrogens is 378 g/mol. The number of benzene rings is 2. The van der Waals surface area contributed by atoms with Gasteiger partial charge in [0.2, 0.25) is 5.56 Å². The van der Waals surface area contributed by atoms with Crippen LogP contribution in [0.25, 0.3) is 10.9 Å². The number of nitrogens with one attached hydrogen (secondary N) is 1. The molecule has 2 N–H and O–H groups in total. The van der Waals surface area contributed by atoms with Gasteiger partial charge in [0.25, 0.3) is 0 Å². The van der Waals surface area contributed by atoms with Crippen molar-refractivity contribution in [3.8, 4) is 5.75 Å². The zero-order chi connectivity index (χ0) is 20.9. The monoisotopic (exact) mass is 407 g/mol. The summed E-state index contributed by atoms with van der Waals surface area (Å²) in [6.07, 6.45) is 0.513. The Kier molecular flexibility index (Phi) is 6.35. The molecule has 158 valence electrons. The van der Waals surface area contributed by atoms with E-state index in [1.54, 1.807) is 6.07 Å². The van der Waals surface area contributed by atoms with Crippen molar-refractivity contribution >= 4 is 16.6 Å². The average Bonchev–Trinajstić information content (AvgIpc) is 2.78. The van der Waals surface area contributed by atoms with E-state index in [0.29, 0.717) is 12.3 Å². The summed E-state index contributed by atoms with van der Waals surface area (Å²) in [6, 6.07) is 17.6. The van der Waals surface area contributed by atoms with Crippen molar-refractivity contribution in [1.82, 2.24) is 9.88 Å². The predicted molar refractivity (Wildman–Crippen MR) is 121 cm³/mol. The number of hydrogen-bond acceptors (Lipinski definition) is 5. The van der Waals surface area contributed by atoms with Crippen molar-refractivity contribution in [2.24, 2.45) is 0 Å². The molecule has 0 unspecified atom stereocenters. The molecule has 1 atom stereocenters. The Morgan fingerprint density at radius 3 is 2.53 bits per heavy atom. The number of hydrogen-bond donors (Lipinski definition) is 2. The fourth-order valence-corrected chi connectivity index (χ4v) is 3.90. The number of aromatic amines is 1. The smallest absolute Gasteiger partial charge is 0.248 e. The Hall–Kier alpha value is -2.83. The molecule has 0 bridgehead atoms. The number of aliphatic hydroxyl groups is 1. The Morgan fingerprint density at radius 1 is 1.03 bits per heavy atom. The van der Waals surface area contributed by atoms with E-state index in [0.717, 1.165) is 43.5 Å². The summed E-state index contributed by atoms with van der Waals surface area (Å²) in [4.78, 5) is 18.8. The molecule has 0 spiro atoms. The van der Waals surface area contributed by atoms with Crippen molar-refractivity contribution in [2.75, 3.05) is 44.2 Å². The summed E-state index contributed by atoms with van der Waals surface area (Å²) >= 11 is 0. The van der Waals surface area contributed by atoms with Gasteiger partial charge in [-0.1, -0.05) is 19.1 Å². The maximum atomic E-state index is 11.4. The van der Waals surface area contributed by atoms with Crippen molar-refractivity contribution in [3.63, 3.8) is 0 Å². The number of fused-ring (bicyclic) bond motifs is 1. The molecule has 0 radical (unpaired) electrons. The third-order valence-electron chi connectivity index (χ3n) is 5.69. The number of aromatic nitrogens is 1. The fraction of sp³-hybridized carbons (Fsp3) is 0.375. The first-order valence-corrected chi connectivity index (χ1v) is 10.6. The molecule has 1 aromatic heterocycles. The number of rotatable bonds is 7. The lowest BCUT2D eigenvalue weighted by atomic mass is 10.1. The molecule has 0 aliphatic carbocycles. The van der Waals surface area contributed by atoms with Crippen LogP contribution in [0.2, 0.25) is 0 Å². The molecule has 1 aliphatic heterocycles. The van der Waals surface area contributed by atoms with Gasteiger partial charge in [0.1, 0.15) is 18.5 Å². The number of pyridine rings is 1. The molecule has 1 fully saturated rings. The van der Waals surface area contributed by atoms with Crippen LogP contribution in [0.5, 0.6) is 5.75 Å². The van der Waals surface area contributed by atoms with Crippen LogP contribution in [0, 0.1) is 0 Å². The zero-order valence-corrected chi connectivity index (χ0v) is 17.4. The maximum Gasteiger partial charge on any atom is 0.248 e. The minimum Gasteiger partial charge on any atom is -0.491 e. The van der Waals surface area contributed by atoms with Gasteiger partial charge in [-0.2, -0.15) is 0 Å². The summed E-state index contributed by atoms with van der Waals surface area (Å²) in [5, 5.41) is 11.3. The predicted octanol–water partition coefficient (Wildman–Crippen LogP) is 2.65.